The van der Waals surface area contributed by atoms with Gasteiger partial charge in [-0.25, -0.2) is 0 Å². The molecule has 3 rings (SSSR count). The van der Waals surface area contributed by atoms with Crippen LogP contribution in [0.25, 0.3) is 10.8 Å². The Hall–Kier alpha value is -1.54. The molecule has 1 unspecified atom stereocenters. The molecular formula is C14H14O2. The van der Waals surface area contributed by atoms with Crippen LogP contribution in [0.5, 0.6) is 5.75 Å². The first-order valence-electron chi connectivity index (χ1n) is 5.47. The van der Waals surface area contributed by atoms with Gasteiger partial charge in [0.15, 0.2) is 0 Å². The fraction of sp³-hybridized carbons (Fsp3) is 0.286. The van der Waals surface area contributed by atoms with Crippen molar-refractivity contribution in [3.63, 3.8) is 0 Å². The van der Waals surface area contributed by atoms with E-state index in [1.54, 1.807) is 7.11 Å². The third-order valence-electron chi connectivity index (χ3n) is 3.25. The molecule has 1 aliphatic rings. The van der Waals surface area contributed by atoms with E-state index >= 15 is 0 Å². The lowest BCUT2D eigenvalue weighted by Crippen LogP contribution is -2.32. The molecule has 16 heavy (non-hydrogen) atoms. The first kappa shape index (κ1) is 9.67. The van der Waals surface area contributed by atoms with E-state index in [4.69, 9.17) is 9.47 Å². The van der Waals surface area contributed by atoms with Crippen molar-refractivity contribution in [2.45, 2.75) is 19.1 Å². The van der Waals surface area contributed by atoms with Crippen LogP contribution in [0.3, 0.4) is 0 Å². The first-order chi connectivity index (χ1) is 7.72. The number of fused-ring (bicyclic) bond motifs is 3. The molecule has 0 N–H and O–H groups in total. The summed E-state index contributed by atoms with van der Waals surface area (Å²) < 4.78 is 11.2. The predicted octanol–water partition coefficient (Wildman–Crippen LogP) is 3.14. The number of ether oxygens (including phenoxy) is 2. The van der Waals surface area contributed by atoms with E-state index < -0.39 is 5.79 Å². The highest BCUT2D eigenvalue weighted by atomic mass is 16.7. The van der Waals surface area contributed by atoms with Crippen molar-refractivity contribution in [1.82, 2.24) is 0 Å². The van der Waals surface area contributed by atoms with Gasteiger partial charge in [0, 0.05) is 26.0 Å². The molecule has 0 amide bonds. The van der Waals surface area contributed by atoms with Crippen LogP contribution in [0, 0.1) is 0 Å². The maximum absolute atomic E-state index is 5.83. The van der Waals surface area contributed by atoms with E-state index in [1.165, 1.54) is 16.3 Å². The quantitative estimate of drug-likeness (QED) is 0.726. The molecule has 1 heterocycles. The lowest BCUT2D eigenvalue weighted by Gasteiger charge is -2.21. The Labute approximate surface area is 94.8 Å². The second-order valence-electron chi connectivity index (χ2n) is 4.38. The standard InChI is InChI=1S/C14H14O2/c1-14(15-2)9-12-11-6-4-3-5-10(11)7-8-13(12)16-14/h3-8H,9H2,1-2H3. The summed E-state index contributed by atoms with van der Waals surface area (Å²) in [4.78, 5) is 0. The molecule has 0 aliphatic carbocycles. The Kier molecular flexibility index (Phi) is 1.95. The molecule has 2 heteroatoms. The number of methoxy groups -OCH3 is 1. The van der Waals surface area contributed by atoms with Gasteiger partial charge in [0.1, 0.15) is 5.75 Å². The second kappa shape index (κ2) is 3.22. The summed E-state index contributed by atoms with van der Waals surface area (Å²) in [5.41, 5.74) is 1.25. The maximum atomic E-state index is 5.83. The highest BCUT2D eigenvalue weighted by Gasteiger charge is 2.35. The average molecular weight is 214 g/mol. The van der Waals surface area contributed by atoms with E-state index in [0.29, 0.717) is 0 Å². The van der Waals surface area contributed by atoms with Crippen LogP contribution in [0.2, 0.25) is 0 Å². The zero-order valence-electron chi connectivity index (χ0n) is 9.49. The summed E-state index contributed by atoms with van der Waals surface area (Å²) in [6, 6.07) is 12.5. The Morgan fingerprint density at radius 2 is 2.00 bits per heavy atom. The van der Waals surface area contributed by atoms with Crippen molar-refractivity contribution < 1.29 is 9.47 Å². The minimum atomic E-state index is -0.507. The van der Waals surface area contributed by atoms with E-state index in [-0.39, 0.29) is 0 Å². The smallest absolute Gasteiger partial charge is 0.211 e. The Balaban J connectivity index is 2.21. The van der Waals surface area contributed by atoms with Gasteiger partial charge in [-0.1, -0.05) is 30.3 Å². The molecule has 2 aromatic carbocycles. The van der Waals surface area contributed by atoms with Crippen LogP contribution < -0.4 is 4.74 Å². The summed E-state index contributed by atoms with van der Waals surface area (Å²) in [7, 11) is 1.69. The maximum Gasteiger partial charge on any atom is 0.211 e. The SMILES string of the molecule is COC1(C)Cc2c(ccc3ccccc23)O1. The fourth-order valence-electron chi connectivity index (χ4n) is 2.30. The zero-order chi connectivity index (χ0) is 11.2. The van der Waals surface area contributed by atoms with Crippen molar-refractivity contribution >= 4 is 10.8 Å². The zero-order valence-corrected chi connectivity index (χ0v) is 9.49. The van der Waals surface area contributed by atoms with E-state index in [0.717, 1.165) is 12.2 Å². The first-order valence-corrected chi connectivity index (χ1v) is 5.47. The van der Waals surface area contributed by atoms with Crippen molar-refractivity contribution in [2.75, 3.05) is 7.11 Å². The third-order valence-corrected chi connectivity index (χ3v) is 3.25. The monoisotopic (exact) mass is 214 g/mol. The summed E-state index contributed by atoms with van der Waals surface area (Å²) in [5, 5.41) is 2.52. The topological polar surface area (TPSA) is 18.5 Å². The normalized spacial score (nSPS) is 23.1. The van der Waals surface area contributed by atoms with Gasteiger partial charge in [-0.15, -0.1) is 0 Å². The van der Waals surface area contributed by atoms with Crippen LogP contribution in [0.1, 0.15) is 12.5 Å². The minimum absolute atomic E-state index is 0.507. The summed E-state index contributed by atoms with van der Waals surface area (Å²) >= 11 is 0. The van der Waals surface area contributed by atoms with Crippen molar-refractivity contribution in [3.8, 4) is 5.75 Å². The Bertz CT molecular complexity index is 547. The molecule has 0 spiro atoms. The molecule has 0 aromatic heterocycles. The molecule has 0 radical (unpaired) electrons. The van der Waals surface area contributed by atoms with Gasteiger partial charge in [0.2, 0.25) is 5.79 Å². The molecule has 0 bridgehead atoms. The van der Waals surface area contributed by atoms with Crippen LogP contribution in [0.15, 0.2) is 36.4 Å². The highest BCUT2D eigenvalue weighted by Crippen LogP contribution is 2.39. The molecule has 2 nitrogen and oxygen atoms in total. The number of hydrogen-bond donors (Lipinski definition) is 0. The van der Waals surface area contributed by atoms with Gasteiger partial charge >= 0.3 is 0 Å². The van der Waals surface area contributed by atoms with E-state index in [9.17, 15) is 0 Å². The predicted molar refractivity (Wildman–Crippen MR) is 63.7 cm³/mol. The van der Waals surface area contributed by atoms with Gasteiger partial charge in [0.05, 0.1) is 0 Å². The minimum Gasteiger partial charge on any atom is -0.462 e. The van der Waals surface area contributed by atoms with E-state index in [1.807, 2.05) is 13.0 Å². The second-order valence-corrected chi connectivity index (χ2v) is 4.38. The number of benzene rings is 2. The third kappa shape index (κ3) is 1.30. The summed E-state index contributed by atoms with van der Waals surface area (Å²) in [5.74, 6) is 0.440. The molecule has 0 saturated heterocycles. The molecule has 1 aliphatic heterocycles. The largest absolute Gasteiger partial charge is 0.462 e. The van der Waals surface area contributed by atoms with Gasteiger partial charge in [-0.2, -0.15) is 0 Å². The number of hydrogen-bond acceptors (Lipinski definition) is 2. The fourth-order valence-corrected chi connectivity index (χ4v) is 2.30. The van der Waals surface area contributed by atoms with Crippen LogP contribution in [-0.4, -0.2) is 12.9 Å². The molecule has 1 atom stereocenters. The average Bonchev–Trinajstić information content (AvgIpc) is 2.67. The van der Waals surface area contributed by atoms with E-state index in [2.05, 4.69) is 30.3 Å². The van der Waals surface area contributed by atoms with Crippen LogP contribution in [-0.2, 0) is 11.2 Å². The Morgan fingerprint density at radius 1 is 1.19 bits per heavy atom. The van der Waals surface area contributed by atoms with Crippen molar-refractivity contribution in [2.24, 2.45) is 0 Å². The molecular weight excluding hydrogens is 200 g/mol. The lowest BCUT2D eigenvalue weighted by atomic mass is 10.0. The molecule has 2 aromatic rings. The Morgan fingerprint density at radius 3 is 2.81 bits per heavy atom. The van der Waals surface area contributed by atoms with Gasteiger partial charge < -0.3 is 9.47 Å². The van der Waals surface area contributed by atoms with Gasteiger partial charge in [-0.3, -0.25) is 0 Å². The molecule has 82 valence electrons. The van der Waals surface area contributed by atoms with Crippen LogP contribution >= 0.6 is 0 Å². The van der Waals surface area contributed by atoms with Crippen LogP contribution in [0.4, 0.5) is 0 Å². The van der Waals surface area contributed by atoms with Crippen molar-refractivity contribution in [1.29, 1.82) is 0 Å². The summed E-state index contributed by atoms with van der Waals surface area (Å²) in [6.07, 6.45) is 0.806. The van der Waals surface area contributed by atoms with Gasteiger partial charge in [0.25, 0.3) is 0 Å². The number of rotatable bonds is 1. The summed E-state index contributed by atoms with van der Waals surface area (Å²) in [6.45, 7) is 1.97. The molecule has 0 fully saturated rings. The lowest BCUT2D eigenvalue weighted by molar-refractivity contribution is -0.134. The molecule has 0 saturated carbocycles. The van der Waals surface area contributed by atoms with Crippen molar-refractivity contribution in [3.05, 3.63) is 42.0 Å². The van der Waals surface area contributed by atoms with Gasteiger partial charge in [-0.05, 0) is 16.8 Å². The highest BCUT2D eigenvalue weighted by molar-refractivity contribution is 5.88.